The van der Waals surface area contributed by atoms with Crippen LogP contribution in [0.3, 0.4) is 0 Å². The quantitative estimate of drug-likeness (QED) is 0.725. The van der Waals surface area contributed by atoms with Crippen LogP contribution in [0.4, 0.5) is 0 Å². The Kier molecular flexibility index (Phi) is 3.60. The van der Waals surface area contributed by atoms with Crippen molar-refractivity contribution in [1.82, 2.24) is 15.2 Å². The minimum Gasteiger partial charge on any atom is -0.368 e. The van der Waals surface area contributed by atoms with E-state index >= 15 is 0 Å². The fraction of sp³-hybridized carbons (Fsp3) is 0.778. The predicted molar refractivity (Wildman–Crippen MR) is 53.8 cm³/mol. The van der Waals surface area contributed by atoms with Crippen molar-refractivity contribution in [2.45, 2.75) is 32.8 Å². The highest BCUT2D eigenvalue weighted by Gasteiger charge is 2.25. The summed E-state index contributed by atoms with van der Waals surface area (Å²) in [6, 6.07) is 0. The lowest BCUT2D eigenvalue weighted by Crippen LogP contribution is -2.23. The van der Waals surface area contributed by atoms with Crippen molar-refractivity contribution in [3.63, 3.8) is 0 Å². The van der Waals surface area contributed by atoms with Crippen LogP contribution in [0.5, 0.6) is 0 Å². The van der Waals surface area contributed by atoms with Gasteiger partial charge in [-0.2, -0.15) is 5.10 Å². The first-order valence-corrected chi connectivity index (χ1v) is 4.86. The van der Waals surface area contributed by atoms with Gasteiger partial charge in [-0.15, -0.1) is 0 Å². The molecule has 0 atom stereocenters. The second-order valence-corrected chi connectivity index (χ2v) is 3.59. The highest BCUT2D eigenvalue weighted by atomic mass is 16.5. The van der Waals surface area contributed by atoms with Crippen LogP contribution in [0.15, 0.2) is 0 Å². The minimum absolute atomic E-state index is 0.432. The van der Waals surface area contributed by atoms with E-state index in [4.69, 9.17) is 10.5 Å². The van der Waals surface area contributed by atoms with Crippen LogP contribution >= 0.6 is 0 Å². The molecule has 1 aromatic rings. The molecule has 1 aromatic heterocycles. The summed E-state index contributed by atoms with van der Waals surface area (Å²) in [5.41, 5.74) is 4.99. The summed E-state index contributed by atoms with van der Waals surface area (Å²) in [7, 11) is 0. The van der Waals surface area contributed by atoms with Crippen LogP contribution in [0, 0.1) is 0 Å². The third-order valence-electron chi connectivity index (χ3n) is 1.96. The van der Waals surface area contributed by atoms with E-state index in [-0.39, 0.29) is 0 Å². The van der Waals surface area contributed by atoms with Crippen molar-refractivity contribution in [2.24, 2.45) is 5.73 Å². The number of aromatic amines is 1. The Morgan fingerprint density at radius 1 is 1.50 bits per heavy atom. The molecule has 0 bridgehead atoms. The van der Waals surface area contributed by atoms with Crippen LogP contribution in [0.1, 0.15) is 32.4 Å². The minimum atomic E-state index is -0.432. The molecule has 0 radical (unpaired) electrons. The van der Waals surface area contributed by atoms with Crippen molar-refractivity contribution < 1.29 is 4.74 Å². The van der Waals surface area contributed by atoms with E-state index < -0.39 is 5.60 Å². The highest BCUT2D eigenvalue weighted by Crippen LogP contribution is 2.20. The molecule has 5 nitrogen and oxygen atoms in total. The summed E-state index contributed by atoms with van der Waals surface area (Å²) in [6.45, 7) is 7.07. The Bertz CT molecular complexity index is 282. The number of nitrogens with two attached hydrogens (primary N) is 1. The zero-order chi connectivity index (χ0) is 10.6. The molecule has 0 aliphatic heterocycles. The maximum atomic E-state index is 5.53. The lowest BCUT2D eigenvalue weighted by Gasteiger charge is -2.20. The van der Waals surface area contributed by atoms with Gasteiger partial charge in [0.25, 0.3) is 0 Å². The van der Waals surface area contributed by atoms with Gasteiger partial charge in [-0.3, -0.25) is 5.10 Å². The largest absolute Gasteiger partial charge is 0.368 e. The van der Waals surface area contributed by atoms with Gasteiger partial charge in [0, 0.05) is 13.0 Å². The monoisotopic (exact) mass is 198 g/mol. The third-order valence-corrected chi connectivity index (χ3v) is 1.96. The molecule has 0 aliphatic rings. The molecule has 5 heteroatoms. The van der Waals surface area contributed by atoms with Crippen molar-refractivity contribution in [3.8, 4) is 0 Å². The summed E-state index contributed by atoms with van der Waals surface area (Å²) in [4.78, 5) is 4.32. The zero-order valence-corrected chi connectivity index (χ0v) is 9.00. The van der Waals surface area contributed by atoms with E-state index in [1.807, 2.05) is 20.8 Å². The summed E-state index contributed by atoms with van der Waals surface area (Å²) in [6.07, 6.45) is 0.717. The Balaban J connectivity index is 2.74. The van der Waals surface area contributed by atoms with Gasteiger partial charge >= 0.3 is 0 Å². The molecular weight excluding hydrogens is 180 g/mol. The van der Waals surface area contributed by atoms with E-state index in [0.717, 1.165) is 12.2 Å². The summed E-state index contributed by atoms with van der Waals surface area (Å²) < 4.78 is 5.53. The molecule has 0 amide bonds. The first-order chi connectivity index (χ1) is 6.60. The lowest BCUT2D eigenvalue weighted by molar-refractivity contribution is -0.0205. The molecule has 3 N–H and O–H groups in total. The number of rotatable bonds is 5. The maximum absolute atomic E-state index is 5.53. The molecule has 0 fully saturated rings. The van der Waals surface area contributed by atoms with E-state index in [1.165, 1.54) is 0 Å². The molecule has 0 spiro atoms. The van der Waals surface area contributed by atoms with E-state index in [1.54, 1.807) is 0 Å². The second-order valence-electron chi connectivity index (χ2n) is 3.59. The van der Waals surface area contributed by atoms with Gasteiger partial charge in [0.15, 0.2) is 5.82 Å². The molecule has 0 saturated carbocycles. The first-order valence-electron chi connectivity index (χ1n) is 4.86. The van der Waals surface area contributed by atoms with Crippen LogP contribution < -0.4 is 5.73 Å². The van der Waals surface area contributed by atoms with Gasteiger partial charge in [-0.1, -0.05) is 0 Å². The number of hydrogen-bond acceptors (Lipinski definition) is 4. The fourth-order valence-corrected chi connectivity index (χ4v) is 1.24. The number of nitrogens with zero attached hydrogens (tertiary/aromatic N) is 2. The number of aromatic nitrogens is 3. The van der Waals surface area contributed by atoms with Gasteiger partial charge in [0.1, 0.15) is 11.4 Å². The zero-order valence-electron chi connectivity index (χ0n) is 9.00. The Morgan fingerprint density at radius 3 is 2.79 bits per heavy atom. The van der Waals surface area contributed by atoms with Gasteiger partial charge in [-0.05, 0) is 27.3 Å². The number of nitrogens with one attached hydrogen (secondary N) is 1. The van der Waals surface area contributed by atoms with E-state index in [9.17, 15) is 0 Å². The van der Waals surface area contributed by atoms with Crippen molar-refractivity contribution in [2.75, 3.05) is 13.2 Å². The van der Waals surface area contributed by atoms with Crippen LogP contribution in [-0.2, 0) is 16.8 Å². The smallest absolute Gasteiger partial charge is 0.181 e. The molecule has 14 heavy (non-hydrogen) atoms. The van der Waals surface area contributed by atoms with Gasteiger partial charge < -0.3 is 10.5 Å². The molecular formula is C9H18N4O. The summed E-state index contributed by atoms with van der Waals surface area (Å²) in [5, 5.41) is 6.96. The molecule has 0 unspecified atom stereocenters. The summed E-state index contributed by atoms with van der Waals surface area (Å²) in [5.74, 6) is 1.50. The SMILES string of the molecule is CCOC(C)(C)c1n[nH]c(CCN)n1. The number of hydrogen-bond donors (Lipinski definition) is 2. The number of ether oxygens (including phenoxy) is 1. The van der Waals surface area contributed by atoms with E-state index in [2.05, 4.69) is 15.2 Å². The molecule has 1 heterocycles. The van der Waals surface area contributed by atoms with Crippen LogP contribution in [0.25, 0.3) is 0 Å². The lowest BCUT2D eigenvalue weighted by atomic mass is 10.1. The maximum Gasteiger partial charge on any atom is 0.181 e. The molecule has 0 saturated heterocycles. The second kappa shape index (κ2) is 4.52. The average Bonchev–Trinajstić information content (AvgIpc) is 2.54. The molecule has 80 valence electrons. The normalized spacial score (nSPS) is 12.0. The molecule has 0 aliphatic carbocycles. The van der Waals surface area contributed by atoms with Gasteiger partial charge in [0.2, 0.25) is 0 Å². The van der Waals surface area contributed by atoms with Gasteiger partial charge in [-0.25, -0.2) is 4.98 Å². The van der Waals surface area contributed by atoms with Gasteiger partial charge in [0.05, 0.1) is 0 Å². The van der Waals surface area contributed by atoms with Crippen molar-refractivity contribution in [1.29, 1.82) is 0 Å². The first kappa shape index (κ1) is 11.1. The third kappa shape index (κ3) is 2.52. The Hall–Kier alpha value is -0.940. The predicted octanol–water partition coefficient (Wildman–Crippen LogP) is 0.578. The number of H-pyrrole nitrogens is 1. The topological polar surface area (TPSA) is 76.8 Å². The molecule has 0 aromatic carbocycles. The van der Waals surface area contributed by atoms with E-state index in [0.29, 0.717) is 19.0 Å². The van der Waals surface area contributed by atoms with Crippen molar-refractivity contribution in [3.05, 3.63) is 11.6 Å². The summed E-state index contributed by atoms with van der Waals surface area (Å²) >= 11 is 0. The fourth-order valence-electron chi connectivity index (χ4n) is 1.24. The Labute approximate surface area is 84.1 Å². The average molecular weight is 198 g/mol. The van der Waals surface area contributed by atoms with Crippen LogP contribution in [0.2, 0.25) is 0 Å². The molecule has 1 rings (SSSR count). The standard InChI is InChI=1S/C9H18N4O/c1-4-14-9(2,3)8-11-7(5-6-10)12-13-8/h4-6,10H2,1-3H3,(H,11,12,13). The highest BCUT2D eigenvalue weighted by molar-refractivity contribution is 4.99. The Morgan fingerprint density at radius 2 is 2.21 bits per heavy atom. The van der Waals surface area contributed by atoms with Crippen molar-refractivity contribution >= 4 is 0 Å². The van der Waals surface area contributed by atoms with Crippen LogP contribution in [-0.4, -0.2) is 28.3 Å².